The molecule has 2 fully saturated rings. The molecule has 0 unspecified atom stereocenters. The molecular weight excluding hydrogens is 386 g/mol. The topological polar surface area (TPSA) is 90.0 Å². The lowest BCUT2D eigenvalue weighted by molar-refractivity contribution is 0.0177. The number of hydrogen-bond acceptors (Lipinski definition) is 7. The quantitative estimate of drug-likeness (QED) is 0.709. The van der Waals surface area contributed by atoms with E-state index in [4.69, 9.17) is 9.47 Å². The highest BCUT2D eigenvalue weighted by atomic mass is 16.6. The van der Waals surface area contributed by atoms with Gasteiger partial charge in [0, 0.05) is 19.1 Å². The van der Waals surface area contributed by atoms with Crippen molar-refractivity contribution in [3.8, 4) is 5.75 Å². The van der Waals surface area contributed by atoms with E-state index in [2.05, 4.69) is 15.0 Å². The Morgan fingerprint density at radius 3 is 2.47 bits per heavy atom. The molecule has 8 nitrogen and oxygen atoms in total. The first-order chi connectivity index (χ1) is 14.2. The number of piperidine rings is 1. The van der Waals surface area contributed by atoms with Crippen LogP contribution >= 0.6 is 0 Å². The van der Waals surface area contributed by atoms with Gasteiger partial charge in [0.25, 0.3) is 0 Å². The van der Waals surface area contributed by atoms with Crippen LogP contribution in [0.1, 0.15) is 56.9 Å². The normalized spacial score (nSPS) is 22.2. The standard InChI is InChI=1S/C22H33N3O5/c1-22(2,3)30-21(27)25-9-7-15(8-10-25)13-23-16-11-18(12-16)29-17-5-6-19(24-14-17)20(26)28-4/h5-6,14-16,18,23H,7-13H2,1-4H3/t16-,18-. The summed E-state index contributed by atoms with van der Waals surface area (Å²) in [6, 6.07) is 3.82. The van der Waals surface area contributed by atoms with E-state index in [-0.39, 0.29) is 17.9 Å². The van der Waals surface area contributed by atoms with E-state index >= 15 is 0 Å². The predicted octanol–water partition coefficient (Wildman–Crippen LogP) is 3.01. The maximum atomic E-state index is 12.1. The Balaban J connectivity index is 1.30. The van der Waals surface area contributed by atoms with E-state index in [0.717, 1.165) is 45.3 Å². The average Bonchev–Trinajstić information content (AvgIpc) is 2.68. The molecule has 1 N–H and O–H groups in total. The molecule has 1 aromatic rings. The number of rotatable bonds is 6. The molecule has 166 valence electrons. The molecule has 0 radical (unpaired) electrons. The van der Waals surface area contributed by atoms with Crippen molar-refractivity contribution in [3.63, 3.8) is 0 Å². The first-order valence-corrected chi connectivity index (χ1v) is 10.7. The summed E-state index contributed by atoms with van der Waals surface area (Å²) in [7, 11) is 1.33. The number of ether oxygens (including phenoxy) is 3. The fraction of sp³-hybridized carbons (Fsp3) is 0.682. The van der Waals surface area contributed by atoms with E-state index in [1.54, 1.807) is 18.3 Å². The van der Waals surface area contributed by atoms with Crippen LogP contribution in [0.2, 0.25) is 0 Å². The van der Waals surface area contributed by atoms with E-state index in [0.29, 0.717) is 17.7 Å². The van der Waals surface area contributed by atoms with Crippen molar-refractivity contribution in [2.24, 2.45) is 5.92 Å². The maximum absolute atomic E-state index is 12.1. The van der Waals surface area contributed by atoms with Gasteiger partial charge in [-0.1, -0.05) is 0 Å². The monoisotopic (exact) mass is 419 g/mol. The van der Waals surface area contributed by atoms with Crippen LogP contribution in [-0.4, -0.2) is 66.4 Å². The summed E-state index contributed by atoms with van der Waals surface area (Å²) in [6.07, 6.45) is 5.43. The number of pyridine rings is 1. The van der Waals surface area contributed by atoms with Gasteiger partial charge in [-0.15, -0.1) is 0 Å². The molecule has 1 aliphatic carbocycles. The largest absolute Gasteiger partial charge is 0.489 e. The Hall–Kier alpha value is -2.35. The summed E-state index contributed by atoms with van der Waals surface area (Å²) >= 11 is 0. The van der Waals surface area contributed by atoms with Crippen LogP contribution in [-0.2, 0) is 9.47 Å². The number of hydrogen-bond donors (Lipinski definition) is 1. The Morgan fingerprint density at radius 1 is 1.20 bits per heavy atom. The zero-order valence-electron chi connectivity index (χ0n) is 18.3. The van der Waals surface area contributed by atoms with Crippen molar-refractivity contribution in [2.45, 2.75) is 64.2 Å². The zero-order chi connectivity index (χ0) is 21.7. The van der Waals surface area contributed by atoms with Crippen LogP contribution in [0.3, 0.4) is 0 Å². The number of likely N-dealkylation sites (tertiary alicyclic amines) is 1. The molecular formula is C22H33N3O5. The Labute approximate surface area is 178 Å². The highest BCUT2D eigenvalue weighted by Crippen LogP contribution is 2.27. The molecule has 30 heavy (non-hydrogen) atoms. The molecule has 1 saturated heterocycles. The molecule has 1 saturated carbocycles. The first kappa shape index (κ1) is 22.3. The lowest BCUT2D eigenvalue weighted by Crippen LogP contribution is -2.49. The maximum Gasteiger partial charge on any atom is 0.410 e. The number of carbonyl (C=O) groups excluding carboxylic acids is 2. The average molecular weight is 420 g/mol. The second kappa shape index (κ2) is 9.64. The van der Waals surface area contributed by atoms with Crippen molar-refractivity contribution in [2.75, 3.05) is 26.7 Å². The third-order valence-electron chi connectivity index (χ3n) is 5.49. The van der Waals surface area contributed by atoms with Crippen LogP contribution in [0.4, 0.5) is 4.79 Å². The minimum Gasteiger partial charge on any atom is -0.489 e. The number of methoxy groups -OCH3 is 1. The second-order valence-electron chi connectivity index (χ2n) is 9.10. The predicted molar refractivity (Wildman–Crippen MR) is 112 cm³/mol. The van der Waals surface area contributed by atoms with Gasteiger partial charge in [0.1, 0.15) is 23.1 Å². The third-order valence-corrected chi connectivity index (χ3v) is 5.49. The molecule has 1 amide bonds. The molecule has 3 rings (SSSR count). The highest BCUT2D eigenvalue weighted by molar-refractivity contribution is 5.87. The summed E-state index contributed by atoms with van der Waals surface area (Å²) in [5.74, 6) is 0.797. The number of amides is 1. The Morgan fingerprint density at radius 2 is 1.90 bits per heavy atom. The number of carbonyl (C=O) groups is 2. The zero-order valence-corrected chi connectivity index (χ0v) is 18.3. The molecule has 0 spiro atoms. The van der Waals surface area contributed by atoms with E-state index in [1.807, 2.05) is 25.7 Å². The highest BCUT2D eigenvalue weighted by Gasteiger charge is 2.32. The van der Waals surface area contributed by atoms with Crippen molar-refractivity contribution in [1.29, 1.82) is 0 Å². The summed E-state index contributed by atoms with van der Waals surface area (Å²) < 4.78 is 16.0. The summed E-state index contributed by atoms with van der Waals surface area (Å²) in [5, 5.41) is 3.63. The molecule has 2 heterocycles. The van der Waals surface area contributed by atoms with Crippen LogP contribution in [0, 0.1) is 5.92 Å². The van der Waals surface area contributed by atoms with Gasteiger partial charge < -0.3 is 24.4 Å². The summed E-state index contributed by atoms with van der Waals surface area (Å²) in [6.45, 7) is 8.16. The van der Waals surface area contributed by atoms with Gasteiger partial charge in [-0.25, -0.2) is 14.6 Å². The van der Waals surface area contributed by atoms with Gasteiger partial charge >= 0.3 is 12.1 Å². The van der Waals surface area contributed by atoms with Gasteiger partial charge in [0.05, 0.1) is 13.3 Å². The number of nitrogens with one attached hydrogen (secondary N) is 1. The minimum atomic E-state index is -0.452. The van der Waals surface area contributed by atoms with Gasteiger partial charge in [0.2, 0.25) is 0 Å². The van der Waals surface area contributed by atoms with Gasteiger partial charge in [-0.05, 0) is 71.0 Å². The lowest BCUT2D eigenvalue weighted by atomic mass is 9.88. The van der Waals surface area contributed by atoms with E-state index < -0.39 is 11.6 Å². The van der Waals surface area contributed by atoms with E-state index in [1.165, 1.54) is 7.11 Å². The van der Waals surface area contributed by atoms with Gasteiger partial charge in [0.15, 0.2) is 0 Å². The second-order valence-corrected chi connectivity index (χ2v) is 9.10. The summed E-state index contributed by atoms with van der Waals surface area (Å²) in [4.78, 5) is 29.4. The molecule has 1 aromatic heterocycles. The molecule has 0 atom stereocenters. The molecule has 0 aromatic carbocycles. The van der Waals surface area contributed by atoms with Crippen molar-refractivity contribution < 1.29 is 23.8 Å². The molecule has 1 aliphatic heterocycles. The van der Waals surface area contributed by atoms with Crippen molar-refractivity contribution in [1.82, 2.24) is 15.2 Å². The van der Waals surface area contributed by atoms with Crippen LogP contribution in [0.25, 0.3) is 0 Å². The SMILES string of the molecule is COC(=O)c1ccc(O[C@H]2C[C@H](NCC3CCN(C(=O)OC(C)(C)C)CC3)C2)cn1. The minimum absolute atomic E-state index is 0.169. The van der Waals surface area contributed by atoms with Crippen molar-refractivity contribution >= 4 is 12.1 Å². The fourth-order valence-electron chi connectivity index (χ4n) is 3.68. The Kier molecular flexibility index (Phi) is 7.18. The molecule has 8 heteroatoms. The smallest absolute Gasteiger partial charge is 0.410 e. The van der Waals surface area contributed by atoms with Gasteiger partial charge in [-0.2, -0.15) is 0 Å². The Bertz CT molecular complexity index is 717. The van der Waals surface area contributed by atoms with Crippen molar-refractivity contribution in [3.05, 3.63) is 24.0 Å². The van der Waals surface area contributed by atoms with Crippen LogP contribution in [0.15, 0.2) is 18.3 Å². The number of aromatic nitrogens is 1. The van der Waals surface area contributed by atoms with Gasteiger partial charge in [-0.3, -0.25) is 0 Å². The fourth-order valence-corrected chi connectivity index (χ4v) is 3.68. The lowest BCUT2D eigenvalue weighted by Gasteiger charge is -2.38. The molecule has 2 aliphatic rings. The molecule has 0 bridgehead atoms. The summed E-state index contributed by atoms with van der Waals surface area (Å²) in [5.41, 5.74) is -0.173. The number of esters is 1. The van der Waals surface area contributed by atoms with Crippen LogP contribution < -0.4 is 10.1 Å². The van der Waals surface area contributed by atoms with E-state index in [9.17, 15) is 9.59 Å². The van der Waals surface area contributed by atoms with Crippen LogP contribution in [0.5, 0.6) is 5.75 Å². The first-order valence-electron chi connectivity index (χ1n) is 10.7. The third kappa shape index (κ3) is 6.32. The number of nitrogens with zero attached hydrogens (tertiary/aromatic N) is 2.